The smallest absolute Gasteiger partial charge is 0.195 e. The van der Waals surface area contributed by atoms with E-state index in [9.17, 15) is 4.79 Å². The average molecular weight is 429 g/mol. The standard InChI is InChI=1S/C25H20N2OS2/c26-17-9-13-19(14-10-17)29-23-7-3-1-5-21(23)25(28)22-6-2-4-8-24(22)30-20-15-11-18(27)12-16-20/h1-16H,26-27H2. The van der Waals surface area contributed by atoms with Gasteiger partial charge in [-0.05, 0) is 72.8 Å². The van der Waals surface area contributed by atoms with E-state index in [1.807, 2.05) is 97.1 Å². The molecule has 0 saturated carbocycles. The molecule has 3 nitrogen and oxygen atoms in total. The zero-order valence-corrected chi connectivity index (χ0v) is 17.8. The molecule has 148 valence electrons. The summed E-state index contributed by atoms with van der Waals surface area (Å²) in [5.74, 6) is 0.00656. The molecule has 4 aromatic rings. The van der Waals surface area contributed by atoms with Gasteiger partial charge in [-0.3, -0.25) is 4.79 Å². The third-order valence-electron chi connectivity index (χ3n) is 4.48. The molecule has 0 heterocycles. The second-order valence-corrected chi connectivity index (χ2v) is 8.89. The van der Waals surface area contributed by atoms with Crippen molar-refractivity contribution in [1.82, 2.24) is 0 Å². The van der Waals surface area contributed by atoms with Crippen LogP contribution in [0.15, 0.2) is 117 Å². The first-order chi connectivity index (χ1) is 14.6. The third-order valence-corrected chi connectivity index (χ3v) is 6.65. The summed E-state index contributed by atoms with van der Waals surface area (Å²) in [5.41, 5.74) is 14.4. The summed E-state index contributed by atoms with van der Waals surface area (Å²) < 4.78 is 0. The molecular formula is C25H20N2OS2. The van der Waals surface area contributed by atoms with E-state index in [1.165, 1.54) is 0 Å². The number of benzene rings is 4. The van der Waals surface area contributed by atoms with Gasteiger partial charge in [-0.2, -0.15) is 0 Å². The van der Waals surface area contributed by atoms with E-state index in [1.54, 1.807) is 23.5 Å². The molecule has 0 aliphatic rings. The number of hydrogen-bond donors (Lipinski definition) is 2. The van der Waals surface area contributed by atoms with Gasteiger partial charge in [0.15, 0.2) is 5.78 Å². The fourth-order valence-electron chi connectivity index (χ4n) is 2.96. The van der Waals surface area contributed by atoms with Crippen LogP contribution in [0.3, 0.4) is 0 Å². The van der Waals surface area contributed by atoms with Crippen molar-refractivity contribution in [3.8, 4) is 0 Å². The second-order valence-electron chi connectivity index (χ2n) is 6.66. The van der Waals surface area contributed by atoms with Gasteiger partial charge in [0.2, 0.25) is 0 Å². The maximum atomic E-state index is 13.5. The predicted molar refractivity (Wildman–Crippen MR) is 126 cm³/mol. The van der Waals surface area contributed by atoms with Gasteiger partial charge < -0.3 is 11.5 Å². The van der Waals surface area contributed by atoms with Crippen LogP contribution >= 0.6 is 23.5 Å². The lowest BCUT2D eigenvalue weighted by molar-refractivity contribution is 0.103. The van der Waals surface area contributed by atoms with Gasteiger partial charge in [0.25, 0.3) is 0 Å². The fraction of sp³-hybridized carbons (Fsp3) is 0. The summed E-state index contributed by atoms with van der Waals surface area (Å²) in [4.78, 5) is 17.4. The highest BCUT2D eigenvalue weighted by Crippen LogP contribution is 2.35. The van der Waals surface area contributed by atoms with Crippen LogP contribution in [0.2, 0.25) is 0 Å². The van der Waals surface area contributed by atoms with E-state index in [0.717, 1.165) is 31.0 Å². The van der Waals surface area contributed by atoms with Gasteiger partial charge in [0.1, 0.15) is 0 Å². The Morgan fingerprint density at radius 1 is 0.533 bits per heavy atom. The first-order valence-corrected chi connectivity index (χ1v) is 11.0. The number of carbonyl (C=O) groups excluding carboxylic acids is 1. The summed E-state index contributed by atoms with van der Waals surface area (Å²) in [5, 5.41) is 0. The van der Waals surface area contributed by atoms with Crippen LogP contribution in [-0.2, 0) is 0 Å². The highest BCUT2D eigenvalue weighted by atomic mass is 32.2. The number of carbonyl (C=O) groups is 1. The van der Waals surface area contributed by atoms with Crippen LogP contribution < -0.4 is 11.5 Å². The predicted octanol–water partition coefficient (Wildman–Crippen LogP) is 6.38. The van der Waals surface area contributed by atoms with Crippen molar-refractivity contribution in [3.05, 3.63) is 108 Å². The van der Waals surface area contributed by atoms with Crippen LogP contribution in [0.4, 0.5) is 11.4 Å². The lowest BCUT2D eigenvalue weighted by Gasteiger charge is -2.12. The van der Waals surface area contributed by atoms with E-state index in [2.05, 4.69) is 0 Å². The van der Waals surface area contributed by atoms with E-state index >= 15 is 0 Å². The Hall–Kier alpha value is -3.15. The molecule has 4 N–H and O–H groups in total. The average Bonchev–Trinajstić information content (AvgIpc) is 2.77. The molecular weight excluding hydrogens is 408 g/mol. The summed E-state index contributed by atoms with van der Waals surface area (Å²) in [6, 6.07) is 30.7. The molecule has 0 fully saturated rings. The van der Waals surface area contributed by atoms with Gasteiger partial charge in [0, 0.05) is 42.1 Å². The quantitative estimate of drug-likeness (QED) is 0.275. The SMILES string of the molecule is Nc1ccc(Sc2ccccc2C(=O)c2ccccc2Sc2ccc(N)cc2)cc1. The van der Waals surface area contributed by atoms with Crippen molar-refractivity contribution in [1.29, 1.82) is 0 Å². The van der Waals surface area contributed by atoms with Crippen LogP contribution in [0, 0.1) is 0 Å². The van der Waals surface area contributed by atoms with Crippen molar-refractivity contribution in [3.63, 3.8) is 0 Å². The number of nitrogens with two attached hydrogens (primary N) is 2. The monoisotopic (exact) mass is 428 g/mol. The molecule has 4 rings (SSSR count). The minimum atomic E-state index is 0.00656. The Balaban J connectivity index is 1.65. The number of hydrogen-bond acceptors (Lipinski definition) is 5. The molecule has 0 aliphatic heterocycles. The molecule has 0 bridgehead atoms. The number of anilines is 2. The van der Waals surface area contributed by atoms with Crippen molar-refractivity contribution >= 4 is 40.7 Å². The topological polar surface area (TPSA) is 69.1 Å². The lowest BCUT2D eigenvalue weighted by atomic mass is 10.0. The molecule has 0 radical (unpaired) electrons. The lowest BCUT2D eigenvalue weighted by Crippen LogP contribution is -2.04. The van der Waals surface area contributed by atoms with Gasteiger partial charge in [-0.15, -0.1) is 0 Å². The molecule has 5 heteroatoms. The highest BCUT2D eigenvalue weighted by molar-refractivity contribution is 7.99. The van der Waals surface area contributed by atoms with Crippen LogP contribution in [-0.4, -0.2) is 5.78 Å². The Morgan fingerprint density at radius 2 is 0.900 bits per heavy atom. The van der Waals surface area contributed by atoms with Crippen LogP contribution in [0.5, 0.6) is 0 Å². The zero-order chi connectivity index (χ0) is 20.9. The maximum Gasteiger partial charge on any atom is 0.195 e. The zero-order valence-electron chi connectivity index (χ0n) is 16.1. The molecule has 0 aromatic heterocycles. The molecule has 30 heavy (non-hydrogen) atoms. The van der Waals surface area contributed by atoms with Crippen molar-refractivity contribution in [2.45, 2.75) is 19.6 Å². The summed E-state index contributed by atoms with van der Waals surface area (Å²) >= 11 is 3.12. The molecule has 4 aromatic carbocycles. The first kappa shape index (κ1) is 20.1. The normalized spacial score (nSPS) is 10.7. The van der Waals surface area contributed by atoms with E-state index in [-0.39, 0.29) is 5.78 Å². The van der Waals surface area contributed by atoms with Gasteiger partial charge in [-0.25, -0.2) is 0 Å². The Bertz CT molecular complexity index is 1080. The van der Waals surface area contributed by atoms with Gasteiger partial charge in [0.05, 0.1) is 0 Å². The molecule has 0 atom stereocenters. The molecule has 0 saturated heterocycles. The van der Waals surface area contributed by atoms with E-state index in [4.69, 9.17) is 11.5 Å². The van der Waals surface area contributed by atoms with Gasteiger partial charge in [-0.1, -0.05) is 47.8 Å². The Kier molecular flexibility index (Phi) is 6.12. The van der Waals surface area contributed by atoms with Crippen molar-refractivity contribution in [2.75, 3.05) is 11.5 Å². The van der Waals surface area contributed by atoms with Crippen molar-refractivity contribution < 1.29 is 4.79 Å². The third kappa shape index (κ3) is 4.70. The van der Waals surface area contributed by atoms with Crippen LogP contribution in [0.1, 0.15) is 15.9 Å². The Morgan fingerprint density at radius 3 is 1.30 bits per heavy atom. The summed E-state index contributed by atoms with van der Waals surface area (Å²) in [7, 11) is 0. The molecule has 0 unspecified atom stereocenters. The largest absolute Gasteiger partial charge is 0.399 e. The number of ketones is 1. The minimum absolute atomic E-state index is 0.00656. The van der Waals surface area contributed by atoms with E-state index < -0.39 is 0 Å². The first-order valence-electron chi connectivity index (χ1n) is 9.40. The summed E-state index contributed by atoms with van der Waals surface area (Å²) in [6.45, 7) is 0. The van der Waals surface area contributed by atoms with Crippen molar-refractivity contribution in [2.24, 2.45) is 0 Å². The van der Waals surface area contributed by atoms with Gasteiger partial charge >= 0.3 is 0 Å². The minimum Gasteiger partial charge on any atom is -0.399 e. The Labute approximate surface area is 184 Å². The van der Waals surface area contributed by atoms with Crippen LogP contribution in [0.25, 0.3) is 0 Å². The summed E-state index contributed by atoms with van der Waals surface area (Å²) in [6.07, 6.45) is 0. The molecule has 0 amide bonds. The number of rotatable bonds is 6. The fourth-order valence-corrected chi connectivity index (χ4v) is 4.84. The number of nitrogen functional groups attached to an aromatic ring is 2. The molecule has 0 aliphatic carbocycles. The van der Waals surface area contributed by atoms with E-state index in [0.29, 0.717) is 11.1 Å². The molecule has 0 spiro atoms. The highest BCUT2D eigenvalue weighted by Gasteiger charge is 2.18. The second kappa shape index (κ2) is 9.11. The maximum absolute atomic E-state index is 13.5.